The number of unbranched alkanes of at least 4 members (excludes halogenated alkanes) is 22. The smallest absolute Gasteiger partial charge is 0.306 e. The molecule has 1 unspecified atom stereocenters. The lowest BCUT2D eigenvalue weighted by atomic mass is 10.0. The molecule has 0 saturated carbocycles. The van der Waals surface area contributed by atoms with Gasteiger partial charge in [-0.15, -0.1) is 0 Å². The minimum atomic E-state index is -4.68. The van der Waals surface area contributed by atoms with Crippen molar-refractivity contribution in [2.24, 2.45) is 0 Å². The van der Waals surface area contributed by atoms with Gasteiger partial charge in [-0.05, 0) is 32.1 Å². The maximum Gasteiger partial charge on any atom is 0.306 e. The summed E-state index contributed by atoms with van der Waals surface area (Å²) in [5.74, 6) is -1.06. The third kappa shape index (κ3) is 46.4. The van der Waals surface area contributed by atoms with Crippen molar-refractivity contribution in [1.82, 2.24) is 0 Å². The molecule has 0 aliphatic rings. The Hall–Kier alpha value is -2.11. The maximum absolute atomic E-state index is 12.7. The van der Waals surface area contributed by atoms with Crippen LogP contribution < -0.4 is 4.89 Å². The average Bonchev–Trinajstić information content (AvgIpc) is 3.24. The van der Waals surface area contributed by atoms with Gasteiger partial charge in [0.25, 0.3) is 7.82 Å². The molecule has 0 fully saturated rings. The van der Waals surface area contributed by atoms with Crippen LogP contribution in [0.15, 0.2) is 48.6 Å². The van der Waals surface area contributed by atoms with Crippen molar-refractivity contribution in [3.05, 3.63) is 48.6 Å². The predicted molar refractivity (Wildman–Crippen MR) is 262 cm³/mol. The molecule has 4 atom stereocenters. The molecule has 0 rings (SSSR count). The molecule has 11 nitrogen and oxygen atoms in total. The first-order valence-corrected chi connectivity index (χ1v) is 27.0. The van der Waals surface area contributed by atoms with Crippen LogP contribution in [0.1, 0.15) is 206 Å². The monoisotopic (exact) mass is 926 g/mol. The zero-order valence-corrected chi connectivity index (χ0v) is 42.3. The number of hydrogen-bond donors (Lipinski definition) is 2. The number of quaternary nitrogens is 1. The van der Waals surface area contributed by atoms with Crippen LogP contribution >= 0.6 is 7.82 Å². The number of carbonyl (C=O) groups excluding carboxylic acids is 2. The Kier molecular flexibility index (Phi) is 42.0. The number of rotatable bonds is 46. The second-order valence-electron chi connectivity index (χ2n) is 18.6. The van der Waals surface area contributed by atoms with Crippen molar-refractivity contribution < 1.29 is 52.3 Å². The summed E-state index contributed by atoms with van der Waals surface area (Å²) < 4.78 is 33.8. The Morgan fingerprint density at radius 1 is 0.562 bits per heavy atom. The minimum Gasteiger partial charge on any atom is -0.756 e. The van der Waals surface area contributed by atoms with E-state index in [9.17, 15) is 29.3 Å². The van der Waals surface area contributed by atoms with E-state index in [-0.39, 0.29) is 26.1 Å². The molecule has 0 aromatic carbocycles. The van der Waals surface area contributed by atoms with Crippen LogP contribution in [0.25, 0.3) is 0 Å². The lowest BCUT2D eigenvalue weighted by molar-refractivity contribution is -0.870. The van der Waals surface area contributed by atoms with Crippen LogP contribution in [0, 0.1) is 0 Å². The number of aliphatic hydroxyl groups is 2. The lowest BCUT2D eigenvalue weighted by Crippen LogP contribution is -2.37. The van der Waals surface area contributed by atoms with Crippen LogP contribution in [0.2, 0.25) is 0 Å². The summed E-state index contributed by atoms with van der Waals surface area (Å²) in [4.78, 5) is 37.7. The van der Waals surface area contributed by atoms with E-state index >= 15 is 0 Å². The van der Waals surface area contributed by atoms with Gasteiger partial charge in [0, 0.05) is 12.8 Å². The molecule has 12 heteroatoms. The molecule has 0 aromatic heterocycles. The number of aliphatic hydroxyl groups excluding tert-OH is 2. The first-order chi connectivity index (χ1) is 30.8. The van der Waals surface area contributed by atoms with Gasteiger partial charge in [-0.1, -0.05) is 210 Å². The molecule has 0 amide bonds. The number of phosphoric ester groups is 1. The molecule has 0 aliphatic heterocycles. The SMILES string of the molecule is CCCCCCCCCCCCCCCCCCCCCCCC(=O)O[C@H](COC(=O)CCC[C@@H](O)/C=C/C=C\C/C=C\C=C\[C@@H](O)CCCCC)COP(=O)([O-])OCC[N+](C)(C)C. The quantitative estimate of drug-likeness (QED) is 0.0198. The Morgan fingerprint density at radius 2 is 0.984 bits per heavy atom. The number of nitrogens with zero attached hydrogens (tertiary/aromatic N) is 1. The molecular formula is C52H96NO10P. The van der Waals surface area contributed by atoms with Crippen LogP contribution in [0.5, 0.6) is 0 Å². The van der Waals surface area contributed by atoms with Gasteiger partial charge in [-0.25, -0.2) is 0 Å². The fourth-order valence-electron chi connectivity index (χ4n) is 6.99. The van der Waals surface area contributed by atoms with E-state index < -0.39 is 44.7 Å². The molecule has 0 aromatic rings. The summed E-state index contributed by atoms with van der Waals surface area (Å²) in [5.41, 5.74) is 0. The third-order valence-electron chi connectivity index (χ3n) is 11.1. The molecular weight excluding hydrogens is 830 g/mol. The second-order valence-corrected chi connectivity index (χ2v) is 20.0. The second kappa shape index (κ2) is 43.5. The van der Waals surface area contributed by atoms with Gasteiger partial charge >= 0.3 is 11.9 Å². The Labute approximate surface area is 391 Å². The molecule has 0 aliphatic carbocycles. The number of ether oxygens (including phenoxy) is 2. The van der Waals surface area contributed by atoms with Crippen molar-refractivity contribution in [2.45, 2.75) is 225 Å². The highest BCUT2D eigenvalue weighted by atomic mass is 31.2. The van der Waals surface area contributed by atoms with E-state index in [2.05, 4.69) is 13.8 Å². The molecule has 0 bridgehead atoms. The molecule has 0 spiro atoms. The Balaban J connectivity index is 4.43. The first-order valence-electron chi connectivity index (χ1n) is 25.6. The molecule has 64 heavy (non-hydrogen) atoms. The molecule has 0 radical (unpaired) electrons. The number of carbonyl (C=O) groups is 2. The summed E-state index contributed by atoms with van der Waals surface area (Å²) in [6, 6.07) is 0. The highest BCUT2D eigenvalue weighted by molar-refractivity contribution is 7.45. The zero-order chi connectivity index (χ0) is 47.4. The fourth-order valence-corrected chi connectivity index (χ4v) is 7.72. The topological polar surface area (TPSA) is 152 Å². The van der Waals surface area contributed by atoms with Crippen LogP contribution in [0.3, 0.4) is 0 Å². The summed E-state index contributed by atoms with van der Waals surface area (Å²) >= 11 is 0. The predicted octanol–water partition coefficient (Wildman–Crippen LogP) is 12.3. The number of hydrogen-bond acceptors (Lipinski definition) is 10. The summed E-state index contributed by atoms with van der Waals surface area (Å²) in [7, 11) is 1.04. The standard InChI is InChI=1S/C52H96NO10P/c1-6-8-10-11-12-13-14-15-16-17-18-19-20-21-22-23-24-25-29-32-36-42-52(57)63-50(47-62-64(58,59)61-45-44-53(3,4)5)46-60-51(56)43-37-41-49(55)40-35-31-28-26-27-30-34-39-48(54)38-33-9-7-2/h27-28,30-31,34-35,39-40,48-50,54-55H,6-26,29,32-33,36-38,41-47H2,1-5H3/b30-27-,31-28-,39-34+,40-35+/t48-,49-,50+/m0/s1. The van der Waals surface area contributed by atoms with Gasteiger partial charge in [0.05, 0.1) is 40.0 Å². The number of esters is 2. The third-order valence-corrected chi connectivity index (χ3v) is 12.0. The van der Waals surface area contributed by atoms with Gasteiger partial charge in [0.1, 0.15) is 19.8 Å². The molecule has 0 saturated heterocycles. The lowest BCUT2D eigenvalue weighted by Gasteiger charge is -2.28. The number of likely N-dealkylation sites (N-methyl/N-ethyl adjacent to an activating group) is 1. The molecule has 2 N–H and O–H groups in total. The highest BCUT2D eigenvalue weighted by Crippen LogP contribution is 2.38. The van der Waals surface area contributed by atoms with E-state index in [0.29, 0.717) is 36.7 Å². The summed E-state index contributed by atoms with van der Waals surface area (Å²) in [5, 5.41) is 20.2. The van der Waals surface area contributed by atoms with Crippen molar-refractivity contribution in [1.29, 1.82) is 0 Å². The number of phosphoric acid groups is 1. The van der Waals surface area contributed by atoms with E-state index in [1.54, 1.807) is 18.2 Å². The largest absolute Gasteiger partial charge is 0.756 e. The van der Waals surface area contributed by atoms with E-state index in [0.717, 1.165) is 44.9 Å². The first kappa shape index (κ1) is 61.9. The van der Waals surface area contributed by atoms with Crippen molar-refractivity contribution in [3.63, 3.8) is 0 Å². The van der Waals surface area contributed by atoms with Crippen LogP contribution in [-0.2, 0) is 32.7 Å². The van der Waals surface area contributed by atoms with Crippen LogP contribution in [-0.4, -0.2) is 92.5 Å². The average molecular weight is 926 g/mol. The Morgan fingerprint density at radius 3 is 1.45 bits per heavy atom. The normalized spacial score (nSPS) is 14.8. The van der Waals surface area contributed by atoms with E-state index in [1.165, 1.54) is 109 Å². The van der Waals surface area contributed by atoms with E-state index in [1.807, 2.05) is 51.5 Å². The molecule has 0 heterocycles. The van der Waals surface area contributed by atoms with Gasteiger partial charge in [0.2, 0.25) is 0 Å². The highest BCUT2D eigenvalue weighted by Gasteiger charge is 2.22. The van der Waals surface area contributed by atoms with Gasteiger partial charge < -0.3 is 38.1 Å². The Bertz CT molecular complexity index is 1260. The van der Waals surface area contributed by atoms with Gasteiger partial charge in [-0.3, -0.25) is 14.2 Å². The van der Waals surface area contributed by atoms with Crippen LogP contribution in [0.4, 0.5) is 0 Å². The zero-order valence-electron chi connectivity index (χ0n) is 41.4. The summed E-state index contributed by atoms with van der Waals surface area (Å²) in [6.07, 6.45) is 45.0. The molecule has 374 valence electrons. The van der Waals surface area contributed by atoms with Crippen molar-refractivity contribution in [3.8, 4) is 0 Å². The minimum absolute atomic E-state index is 0.0293. The van der Waals surface area contributed by atoms with Crippen molar-refractivity contribution in [2.75, 3.05) is 47.5 Å². The van der Waals surface area contributed by atoms with E-state index in [4.69, 9.17) is 18.5 Å². The number of allylic oxidation sites excluding steroid dienone is 6. The van der Waals surface area contributed by atoms with Gasteiger partial charge in [0.15, 0.2) is 6.10 Å². The maximum atomic E-state index is 12.7. The summed E-state index contributed by atoms with van der Waals surface area (Å²) in [6.45, 7) is 3.89. The van der Waals surface area contributed by atoms with Gasteiger partial charge in [-0.2, -0.15) is 0 Å². The fraction of sp³-hybridized carbons (Fsp3) is 0.808. The van der Waals surface area contributed by atoms with Crippen molar-refractivity contribution >= 4 is 19.8 Å².